The molecule has 1 aromatic rings. The van der Waals surface area contributed by atoms with E-state index in [9.17, 15) is 14.7 Å². The van der Waals surface area contributed by atoms with Crippen LogP contribution in [0.3, 0.4) is 0 Å². The number of hydrogen-bond acceptors (Lipinski definition) is 3. The van der Waals surface area contributed by atoms with Crippen LogP contribution in [0.15, 0.2) is 24.3 Å². The number of rotatable bonds is 5. The van der Waals surface area contributed by atoms with Gasteiger partial charge in [0.15, 0.2) is 0 Å². The van der Waals surface area contributed by atoms with Crippen molar-refractivity contribution in [1.82, 2.24) is 9.80 Å². The average Bonchev–Trinajstić information content (AvgIpc) is 2.99. The molecule has 1 aromatic carbocycles. The molecule has 5 heteroatoms. The Kier molecular flexibility index (Phi) is 5.89. The first-order valence-electron chi connectivity index (χ1n) is 10.1. The maximum absolute atomic E-state index is 11.8. The van der Waals surface area contributed by atoms with E-state index >= 15 is 0 Å². The SMILES string of the molecule is CC(=O)N1CC2(CCN(Cc3ccc(CC(C)C)cc3)CC2)CC1C(=O)O. The molecule has 0 aliphatic carbocycles. The minimum atomic E-state index is -0.869. The lowest BCUT2D eigenvalue weighted by Gasteiger charge is -2.39. The Morgan fingerprint density at radius 2 is 1.74 bits per heavy atom. The first kappa shape index (κ1) is 19.9. The molecule has 1 amide bonds. The highest BCUT2D eigenvalue weighted by Crippen LogP contribution is 2.43. The summed E-state index contributed by atoms with van der Waals surface area (Å²) in [5.74, 6) is -0.320. The van der Waals surface area contributed by atoms with Crippen LogP contribution in [0.5, 0.6) is 0 Å². The van der Waals surface area contributed by atoms with Gasteiger partial charge in [0.1, 0.15) is 6.04 Å². The Hall–Kier alpha value is -1.88. The molecule has 2 heterocycles. The number of aliphatic carboxylic acids is 1. The van der Waals surface area contributed by atoms with Crippen LogP contribution in [0.2, 0.25) is 0 Å². The van der Waals surface area contributed by atoms with E-state index in [-0.39, 0.29) is 11.3 Å². The van der Waals surface area contributed by atoms with Crippen molar-refractivity contribution >= 4 is 11.9 Å². The minimum Gasteiger partial charge on any atom is -0.480 e. The Morgan fingerprint density at radius 3 is 2.22 bits per heavy atom. The predicted molar refractivity (Wildman–Crippen MR) is 105 cm³/mol. The fraction of sp³-hybridized carbons (Fsp3) is 0.636. The summed E-state index contributed by atoms with van der Waals surface area (Å²) >= 11 is 0. The molecular formula is C22H32N2O3. The fourth-order valence-corrected chi connectivity index (χ4v) is 4.67. The van der Waals surface area contributed by atoms with Gasteiger partial charge in [-0.15, -0.1) is 0 Å². The van der Waals surface area contributed by atoms with Gasteiger partial charge in [-0.05, 0) is 61.2 Å². The Bertz CT molecular complexity index is 651. The van der Waals surface area contributed by atoms with E-state index in [0.717, 1.165) is 38.9 Å². The third-order valence-electron chi connectivity index (χ3n) is 6.19. The van der Waals surface area contributed by atoms with Gasteiger partial charge in [0.2, 0.25) is 5.91 Å². The summed E-state index contributed by atoms with van der Waals surface area (Å²) in [4.78, 5) is 27.4. The maximum atomic E-state index is 11.8. The van der Waals surface area contributed by atoms with Crippen molar-refractivity contribution in [3.05, 3.63) is 35.4 Å². The van der Waals surface area contributed by atoms with Crippen molar-refractivity contribution in [2.45, 2.75) is 59.0 Å². The smallest absolute Gasteiger partial charge is 0.326 e. The molecule has 2 aliphatic rings. The number of hydrogen-bond donors (Lipinski definition) is 1. The number of carbonyl (C=O) groups is 2. The van der Waals surface area contributed by atoms with Gasteiger partial charge < -0.3 is 10.0 Å². The number of amides is 1. The van der Waals surface area contributed by atoms with E-state index in [1.807, 2.05) is 0 Å². The second-order valence-corrected chi connectivity index (χ2v) is 8.90. The molecule has 0 radical (unpaired) electrons. The van der Waals surface area contributed by atoms with Gasteiger partial charge in [-0.25, -0.2) is 4.79 Å². The van der Waals surface area contributed by atoms with E-state index in [0.29, 0.717) is 18.9 Å². The number of nitrogens with zero attached hydrogens (tertiary/aromatic N) is 2. The standard InChI is InChI=1S/C22H32N2O3/c1-16(2)12-18-4-6-19(7-5-18)14-23-10-8-22(9-11-23)13-20(21(26)27)24(15-22)17(3)25/h4-7,16,20H,8-15H2,1-3H3,(H,26,27). The topological polar surface area (TPSA) is 60.9 Å². The number of carbonyl (C=O) groups excluding carboxylic acids is 1. The van der Waals surface area contributed by atoms with Crippen molar-refractivity contribution in [3.8, 4) is 0 Å². The van der Waals surface area contributed by atoms with Crippen molar-refractivity contribution in [2.75, 3.05) is 19.6 Å². The molecule has 0 aromatic heterocycles. The monoisotopic (exact) mass is 372 g/mol. The third kappa shape index (κ3) is 4.70. The summed E-state index contributed by atoms with van der Waals surface area (Å²) in [6, 6.07) is 8.29. The predicted octanol–water partition coefficient (Wildman–Crippen LogP) is 3.17. The number of carboxylic acids is 1. The molecule has 0 saturated carbocycles. The van der Waals surface area contributed by atoms with Crippen LogP contribution in [0, 0.1) is 11.3 Å². The molecule has 1 spiro atoms. The Morgan fingerprint density at radius 1 is 1.15 bits per heavy atom. The van der Waals surface area contributed by atoms with Crippen LogP contribution in [0.25, 0.3) is 0 Å². The molecule has 0 bridgehead atoms. The molecule has 1 atom stereocenters. The van der Waals surface area contributed by atoms with Gasteiger partial charge >= 0.3 is 5.97 Å². The number of likely N-dealkylation sites (tertiary alicyclic amines) is 2. The van der Waals surface area contributed by atoms with Crippen LogP contribution in [0.4, 0.5) is 0 Å². The Balaban J connectivity index is 1.56. The zero-order valence-corrected chi connectivity index (χ0v) is 16.8. The van der Waals surface area contributed by atoms with E-state index in [1.165, 1.54) is 18.1 Å². The van der Waals surface area contributed by atoms with E-state index in [4.69, 9.17) is 0 Å². The summed E-state index contributed by atoms with van der Waals surface area (Å²) in [6.45, 7) is 9.42. The van der Waals surface area contributed by atoms with Crippen LogP contribution >= 0.6 is 0 Å². The molecule has 27 heavy (non-hydrogen) atoms. The number of carboxylic acid groups (broad SMARTS) is 1. The van der Waals surface area contributed by atoms with Crippen molar-refractivity contribution in [2.24, 2.45) is 11.3 Å². The zero-order chi connectivity index (χ0) is 19.6. The second kappa shape index (κ2) is 8.01. The quantitative estimate of drug-likeness (QED) is 0.862. The summed E-state index contributed by atoms with van der Waals surface area (Å²) in [5, 5.41) is 9.47. The first-order chi connectivity index (χ1) is 12.8. The van der Waals surface area contributed by atoms with Crippen LogP contribution in [-0.4, -0.2) is 52.5 Å². The highest BCUT2D eigenvalue weighted by molar-refractivity contribution is 5.83. The molecule has 2 fully saturated rings. The lowest BCUT2D eigenvalue weighted by Crippen LogP contribution is -2.42. The summed E-state index contributed by atoms with van der Waals surface area (Å²) in [7, 11) is 0. The largest absolute Gasteiger partial charge is 0.480 e. The maximum Gasteiger partial charge on any atom is 0.326 e. The highest BCUT2D eigenvalue weighted by atomic mass is 16.4. The van der Waals surface area contributed by atoms with Crippen LogP contribution in [0.1, 0.15) is 51.2 Å². The molecule has 1 N–H and O–H groups in total. The molecule has 3 rings (SSSR count). The van der Waals surface area contributed by atoms with Crippen LogP contribution in [-0.2, 0) is 22.6 Å². The zero-order valence-electron chi connectivity index (χ0n) is 16.8. The van der Waals surface area contributed by atoms with Gasteiger partial charge in [0.25, 0.3) is 0 Å². The molecule has 148 valence electrons. The summed E-state index contributed by atoms with van der Waals surface area (Å²) in [5.41, 5.74) is 2.70. The van der Waals surface area contributed by atoms with E-state index in [1.54, 1.807) is 4.90 Å². The molecule has 2 aliphatic heterocycles. The first-order valence-corrected chi connectivity index (χ1v) is 10.1. The normalized spacial score (nSPS) is 22.5. The van der Waals surface area contributed by atoms with E-state index in [2.05, 4.69) is 43.0 Å². The molecular weight excluding hydrogens is 340 g/mol. The summed E-state index contributed by atoms with van der Waals surface area (Å²) < 4.78 is 0. The van der Waals surface area contributed by atoms with Gasteiger partial charge in [-0.2, -0.15) is 0 Å². The minimum absolute atomic E-state index is 0.0215. The lowest BCUT2D eigenvalue weighted by atomic mass is 9.76. The number of piperidine rings is 1. The van der Waals surface area contributed by atoms with Crippen molar-refractivity contribution in [1.29, 1.82) is 0 Å². The average molecular weight is 373 g/mol. The van der Waals surface area contributed by atoms with Gasteiger partial charge in [-0.3, -0.25) is 9.69 Å². The number of benzene rings is 1. The molecule has 2 saturated heterocycles. The summed E-state index contributed by atoms with van der Waals surface area (Å²) in [6.07, 6.45) is 3.64. The van der Waals surface area contributed by atoms with Gasteiger partial charge in [-0.1, -0.05) is 38.1 Å². The van der Waals surface area contributed by atoms with Gasteiger partial charge in [0.05, 0.1) is 0 Å². The Labute approximate surface area is 162 Å². The second-order valence-electron chi connectivity index (χ2n) is 8.90. The lowest BCUT2D eigenvalue weighted by molar-refractivity contribution is -0.147. The van der Waals surface area contributed by atoms with E-state index < -0.39 is 12.0 Å². The van der Waals surface area contributed by atoms with Gasteiger partial charge in [0, 0.05) is 20.0 Å². The molecule has 5 nitrogen and oxygen atoms in total. The van der Waals surface area contributed by atoms with Crippen molar-refractivity contribution in [3.63, 3.8) is 0 Å². The van der Waals surface area contributed by atoms with Crippen LogP contribution < -0.4 is 0 Å². The molecule has 1 unspecified atom stereocenters. The van der Waals surface area contributed by atoms with Crippen molar-refractivity contribution < 1.29 is 14.7 Å². The highest BCUT2D eigenvalue weighted by Gasteiger charge is 2.48. The fourth-order valence-electron chi connectivity index (χ4n) is 4.67. The third-order valence-corrected chi connectivity index (χ3v) is 6.19.